The lowest BCUT2D eigenvalue weighted by Crippen LogP contribution is -2.54. The molecule has 0 spiro atoms. The topological polar surface area (TPSA) is 65.5 Å². The summed E-state index contributed by atoms with van der Waals surface area (Å²) in [6.07, 6.45) is 9.90. The number of carbonyl (C=O) groups is 2. The number of hydrogen-bond donors (Lipinski definition) is 1. The van der Waals surface area contributed by atoms with Crippen LogP contribution < -0.4 is 5.32 Å². The van der Waals surface area contributed by atoms with E-state index < -0.39 is 0 Å². The van der Waals surface area contributed by atoms with Gasteiger partial charge in [0.05, 0.1) is 0 Å². The van der Waals surface area contributed by atoms with Crippen molar-refractivity contribution in [2.45, 2.75) is 77.3 Å². The molecule has 1 N–H and O–H groups in total. The van der Waals surface area contributed by atoms with Crippen molar-refractivity contribution >= 4 is 28.4 Å². The molecule has 2 fully saturated rings. The zero-order valence-electron chi connectivity index (χ0n) is 15.9. The SMILES string of the molecule is CCC(=O)N1CCC(N(C(=O)Nc2ncc(C)s2)C2CCCCC2)CC1. The average Bonchev–Trinajstić information content (AvgIpc) is 3.07. The van der Waals surface area contributed by atoms with Crippen molar-refractivity contribution in [1.29, 1.82) is 0 Å². The van der Waals surface area contributed by atoms with E-state index in [1.807, 2.05) is 18.7 Å². The normalized spacial score (nSPS) is 19.4. The maximum atomic E-state index is 13.1. The third kappa shape index (κ3) is 4.55. The van der Waals surface area contributed by atoms with Gasteiger partial charge in [0.25, 0.3) is 0 Å². The lowest BCUT2D eigenvalue weighted by Gasteiger charge is -2.43. The van der Waals surface area contributed by atoms with Crippen molar-refractivity contribution in [3.63, 3.8) is 0 Å². The Labute approximate surface area is 160 Å². The van der Waals surface area contributed by atoms with Crippen LogP contribution in [0.3, 0.4) is 0 Å². The number of piperidine rings is 1. The quantitative estimate of drug-likeness (QED) is 0.860. The molecule has 144 valence electrons. The van der Waals surface area contributed by atoms with E-state index in [-0.39, 0.29) is 18.0 Å². The first-order valence-corrected chi connectivity index (χ1v) is 10.7. The Morgan fingerprint density at radius 3 is 2.42 bits per heavy atom. The largest absolute Gasteiger partial charge is 0.343 e. The predicted octanol–water partition coefficient (Wildman–Crippen LogP) is 4.02. The van der Waals surface area contributed by atoms with E-state index in [1.54, 1.807) is 6.20 Å². The Bertz CT molecular complexity index is 619. The zero-order valence-corrected chi connectivity index (χ0v) is 16.7. The molecule has 1 aliphatic heterocycles. The summed E-state index contributed by atoms with van der Waals surface area (Å²) < 4.78 is 0. The molecule has 1 aromatic heterocycles. The molecule has 1 aromatic rings. The Morgan fingerprint density at radius 2 is 1.85 bits per heavy atom. The minimum atomic E-state index is -0.0217. The van der Waals surface area contributed by atoms with Gasteiger partial charge in [0, 0.05) is 42.7 Å². The Kier molecular flexibility index (Phi) is 6.51. The van der Waals surface area contributed by atoms with E-state index in [9.17, 15) is 9.59 Å². The van der Waals surface area contributed by atoms with Gasteiger partial charge >= 0.3 is 6.03 Å². The molecule has 2 heterocycles. The van der Waals surface area contributed by atoms with Crippen molar-refractivity contribution in [3.05, 3.63) is 11.1 Å². The number of aromatic nitrogens is 1. The number of aryl methyl sites for hydroxylation is 1. The molecular weight excluding hydrogens is 348 g/mol. The molecule has 26 heavy (non-hydrogen) atoms. The number of carbonyl (C=O) groups excluding carboxylic acids is 2. The molecule has 7 heteroatoms. The number of rotatable bonds is 4. The van der Waals surface area contributed by atoms with Crippen LogP contribution in [0.1, 0.15) is 63.2 Å². The number of hydrogen-bond acceptors (Lipinski definition) is 4. The minimum absolute atomic E-state index is 0.0217. The van der Waals surface area contributed by atoms with Crippen LogP contribution in [0.5, 0.6) is 0 Å². The van der Waals surface area contributed by atoms with Gasteiger partial charge in [-0.1, -0.05) is 26.2 Å². The zero-order chi connectivity index (χ0) is 18.5. The molecule has 0 atom stereocenters. The molecule has 0 aromatic carbocycles. The van der Waals surface area contributed by atoms with Crippen LogP contribution in [0.4, 0.5) is 9.93 Å². The highest BCUT2D eigenvalue weighted by molar-refractivity contribution is 7.15. The molecule has 0 unspecified atom stereocenters. The van der Waals surface area contributed by atoms with Crippen molar-refractivity contribution in [3.8, 4) is 0 Å². The van der Waals surface area contributed by atoms with Crippen LogP contribution >= 0.6 is 11.3 Å². The van der Waals surface area contributed by atoms with Crippen LogP contribution in [0, 0.1) is 6.92 Å². The summed E-state index contributed by atoms with van der Waals surface area (Å²) in [6, 6.07) is 0.495. The fourth-order valence-electron chi connectivity index (χ4n) is 4.17. The van der Waals surface area contributed by atoms with Crippen LogP contribution in [0.15, 0.2) is 6.20 Å². The van der Waals surface area contributed by atoms with Gasteiger partial charge in [0.15, 0.2) is 5.13 Å². The summed E-state index contributed by atoms with van der Waals surface area (Å²) in [5, 5.41) is 3.69. The van der Waals surface area contributed by atoms with Gasteiger partial charge in [-0.15, -0.1) is 11.3 Å². The number of nitrogens with one attached hydrogen (secondary N) is 1. The number of urea groups is 1. The number of likely N-dealkylation sites (tertiary alicyclic amines) is 1. The molecule has 1 saturated carbocycles. The molecule has 2 aliphatic rings. The van der Waals surface area contributed by atoms with Crippen molar-refractivity contribution in [2.24, 2.45) is 0 Å². The molecule has 1 aliphatic carbocycles. The van der Waals surface area contributed by atoms with Gasteiger partial charge in [0.2, 0.25) is 5.91 Å². The van der Waals surface area contributed by atoms with E-state index in [0.717, 1.165) is 43.6 Å². The summed E-state index contributed by atoms with van der Waals surface area (Å²) in [7, 11) is 0. The third-order valence-corrected chi connectivity index (χ3v) is 6.38. The second-order valence-corrected chi connectivity index (χ2v) is 8.61. The van der Waals surface area contributed by atoms with Gasteiger partial charge in [-0.2, -0.15) is 0 Å². The van der Waals surface area contributed by atoms with Crippen LogP contribution in [-0.2, 0) is 4.79 Å². The molecular formula is C19H30N4O2S. The summed E-state index contributed by atoms with van der Waals surface area (Å²) >= 11 is 1.51. The average molecular weight is 379 g/mol. The predicted molar refractivity (Wildman–Crippen MR) is 104 cm³/mol. The van der Waals surface area contributed by atoms with E-state index in [1.165, 1.54) is 30.6 Å². The number of amides is 3. The maximum Gasteiger partial charge on any atom is 0.324 e. The smallest absolute Gasteiger partial charge is 0.324 e. The van der Waals surface area contributed by atoms with E-state index >= 15 is 0 Å². The molecule has 3 rings (SSSR count). The van der Waals surface area contributed by atoms with Crippen molar-refractivity contribution in [2.75, 3.05) is 18.4 Å². The summed E-state index contributed by atoms with van der Waals surface area (Å²) in [4.78, 5) is 34.4. The first-order valence-electron chi connectivity index (χ1n) is 9.88. The molecule has 1 saturated heterocycles. The van der Waals surface area contributed by atoms with Gasteiger partial charge in [0.1, 0.15) is 0 Å². The summed E-state index contributed by atoms with van der Waals surface area (Å²) in [5.74, 6) is 0.218. The lowest BCUT2D eigenvalue weighted by molar-refractivity contribution is -0.132. The van der Waals surface area contributed by atoms with E-state index in [4.69, 9.17) is 0 Å². The number of nitrogens with zero attached hydrogens (tertiary/aromatic N) is 3. The first kappa shape index (κ1) is 19.1. The second kappa shape index (κ2) is 8.84. The van der Waals surface area contributed by atoms with Crippen molar-refractivity contribution < 1.29 is 9.59 Å². The van der Waals surface area contributed by atoms with Crippen LogP contribution in [0.2, 0.25) is 0 Å². The lowest BCUT2D eigenvalue weighted by atomic mass is 9.91. The second-order valence-electron chi connectivity index (χ2n) is 7.37. The molecule has 6 nitrogen and oxygen atoms in total. The standard InChI is InChI=1S/C19H30N4O2S/c1-3-17(24)22-11-9-16(10-12-22)23(15-7-5-4-6-8-15)19(25)21-18-20-13-14(2)26-18/h13,15-16H,3-12H2,1-2H3,(H,20,21,25). The fraction of sp³-hybridized carbons (Fsp3) is 0.737. The van der Waals surface area contributed by atoms with E-state index in [0.29, 0.717) is 17.6 Å². The highest BCUT2D eigenvalue weighted by atomic mass is 32.1. The Morgan fingerprint density at radius 1 is 1.19 bits per heavy atom. The third-order valence-electron chi connectivity index (χ3n) is 5.55. The van der Waals surface area contributed by atoms with Gasteiger partial charge in [-0.3, -0.25) is 10.1 Å². The summed E-state index contributed by atoms with van der Waals surface area (Å²) in [5.41, 5.74) is 0. The van der Waals surface area contributed by atoms with Gasteiger partial charge < -0.3 is 9.80 Å². The molecule has 0 bridgehead atoms. The number of thiazole rings is 1. The van der Waals surface area contributed by atoms with E-state index in [2.05, 4.69) is 15.2 Å². The Balaban J connectivity index is 1.69. The molecule has 3 amide bonds. The van der Waals surface area contributed by atoms with Crippen molar-refractivity contribution in [1.82, 2.24) is 14.8 Å². The number of anilines is 1. The van der Waals surface area contributed by atoms with Crippen LogP contribution in [-0.4, -0.2) is 51.9 Å². The highest BCUT2D eigenvalue weighted by Gasteiger charge is 2.34. The molecule has 0 radical (unpaired) electrons. The maximum absolute atomic E-state index is 13.1. The monoisotopic (exact) mass is 378 g/mol. The Hall–Kier alpha value is -1.63. The van der Waals surface area contributed by atoms with Gasteiger partial charge in [-0.05, 0) is 32.6 Å². The van der Waals surface area contributed by atoms with Crippen LogP contribution in [0.25, 0.3) is 0 Å². The highest BCUT2D eigenvalue weighted by Crippen LogP contribution is 2.29. The minimum Gasteiger partial charge on any atom is -0.343 e. The first-order chi connectivity index (χ1) is 12.6. The summed E-state index contributed by atoms with van der Waals surface area (Å²) in [6.45, 7) is 5.41. The fourth-order valence-corrected chi connectivity index (χ4v) is 4.83. The van der Waals surface area contributed by atoms with Gasteiger partial charge in [-0.25, -0.2) is 9.78 Å².